The van der Waals surface area contributed by atoms with Crippen molar-refractivity contribution in [1.82, 2.24) is 0 Å². The first-order valence-corrected chi connectivity index (χ1v) is 3.38. The lowest BCUT2D eigenvalue weighted by atomic mass is 10.9. The SMILES string of the molecule is CC(=O)O[Si]CCl. The largest absolute Gasteiger partial charge is 0.515 e. The van der Waals surface area contributed by atoms with Crippen molar-refractivity contribution >= 4 is 27.3 Å². The average molecular weight is 137 g/mol. The molecule has 0 heterocycles. The fourth-order valence-electron chi connectivity index (χ4n) is 0.129. The van der Waals surface area contributed by atoms with Crippen LogP contribution >= 0.6 is 11.6 Å². The lowest BCUT2D eigenvalue weighted by molar-refractivity contribution is -0.131. The topological polar surface area (TPSA) is 26.3 Å². The van der Waals surface area contributed by atoms with E-state index < -0.39 is 0 Å². The molecule has 0 aliphatic carbocycles. The Morgan fingerprint density at radius 2 is 2.57 bits per heavy atom. The Bertz CT molecular complexity index is 66.0. The third-order valence-electron chi connectivity index (χ3n) is 0.270. The molecule has 0 rings (SSSR count). The van der Waals surface area contributed by atoms with Crippen LogP contribution in [-0.2, 0) is 9.22 Å². The number of carbonyl (C=O) groups excluding carboxylic acids is 1. The first-order valence-electron chi connectivity index (χ1n) is 1.73. The van der Waals surface area contributed by atoms with Gasteiger partial charge in [-0.25, -0.2) is 0 Å². The van der Waals surface area contributed by atoms with Crippen molar-refractivity contribution in [3.8, 4) is 0 Å². The van der Waals surface area contributed by atoms with Crippen molar-refractivity contribution in [2.75, 3.05) is 5.50 Å². The van der Waals surface area contributed by atoms with E-state index in [1.54, 1.807) is 0 Å². The van der Waals surface area contributed by atoms with E-state index in [0.717, 1.165) is 0 Å². The molecule has 4 heteroatoms. The van der Waals surface area contributed by atoms with Gasteiger partial charge in [-0.2, -0.15) is 0 Å². The molecule has 7 heavy (non-hydrogen) atoms. The monoisotopic (exact) mass is 136 g/mol. The highest BCUT2D eigenvalue weighted by Crippen LogP contribution is 1.74. The minimum absolute atomic E-state index is 0.111. The van der Waals surface area contributed by atoms with E-state index in [1.807, 2.05) is 0 Å². The minimum Gasteiger partial charge on any atom is -0.515 e. The smallest absolute Gasteiger partial charge is 0.331 e. The molecule has 0 aliphatic heterocycles. The molecular weight excluding hydrogens is 132 g/mol. The van der Waals surface area contributed by atoms with E-state index in [4.69, 9.17) is 11.6 Å². The summed E-state index contributed by atoms with van der Waals surface area (Å²) in [7, 11) is 0.111. The van der Waals surface area contributed by atoms with Crippen molar-refractivity contribution in [2.45, 2.75) is 6.92 Å². The van der Waals surface area contributed by atoms with Gasteiger partial charge < -0.3 is 4.43 Å². The van der Waals surface area contributed by atoms with Gasteiger partial charge in [-0.3, -0.25) is 4.79 Å². The molecule has 0 fully saturated rings. The van der Waals surface area contributed by atoms with Crippen molar-refractivity contribution in [3.63, 3.8) is 0 Å². The number of hydrogen-bond acceptors (Lipinski definition) is 2. The van der Waals surface area contributed by atoms with Gasteiger partial charge in [0.15, 0.2) is 0 Å². The van der Waals surface area contributed by atoms with Crippen LogP contribution in [0.5, 0.6) is 0 Å². The highest BCUT2D eigenvalue weighted by Gasteiger charge is 1.90. The van der Waals surface area contributed by atoms with Gasteiger partial charge in [0.05, 0.1) is 5.50 Å². The Kier molecular flexibility index (Phi) is 4.13. The van der Waals surface area contributed by atoms with Crippen molar-refractivity contribution < 1.29 is 9.22 Å². The van der Waals surface area contributed by atoms with E-state index in [1.165, 1.54) is 6.92 Å². The normalized spacial score (nSPS) is 8.29. The summed E-state index contributed by atoms with van der Waals surface area (Å²) in [6.45, 7) is 1.36. The average Bonchev–Trinajstić information content (AvgIpc) is 1.61. The Morgan fingerprint density at radius 3 is 2.71 bits per heavy atom. The molecule has 2 radical (unpaired) electrons. The lowest BCUT2D eigenvalue weighted by Gasteiger charge is -1.90. The van der Waals surface area contributed by atoms with E-state index in [-0.39, 0.29) is 15.7 Å². The number of alkyl halides is 1. The van der Waals surface area contributed by atoms with Crippen LogP contribution < -0.4 is 0 Å². The highest BCUT2D eigenvalue weighted by atomic mass is 35.5. The maximum atomic E-state index is 9.93. The van der Waals surface area contributed by atoms with Crippen molar-refractivity contribution in [1.29, 1.82) is 0 Å². The summed E-state index contributed by atoms with van der Waals surface area (Å²) in [5.41, 5.74) is 0.402. The predicted octanol–water partition coefficient (Wildman–Crippen LogP) is 0.365. The van der Waals surface area contributed by atoms with Gasteiger partial charge in [-0.1, -0.05) is 0 Å². The summed E-state index contributed by atoms with van der Waals surface area (Å²) in [6, 6.07) is 0. The number of halogens is 1. The Morgan fingerprint density at radius 1 is 2.00 bits per heavy atom. The molecule has 0 N–H and O–H groups in total. The van der Waals surface area contributed by atoms with Crippen LogP contribution in [0, 0.1) is 0 Å². The fraction of sp³-hybridized carbons (Fsp3) is 0.667. The van der Waals surface area contributed by atoms with Crippen molar-refractivity contribution in [2.24, 2.45) is 0 Å². The number of carbonyl (C=O) groups is 1. The zero-order chi connectivity index (χ0) is 5.70. The molecule has 2 nitrogen and oxygen atoms in total. The summed E-state index contributed by atoms with van der Waals surface area (Å²) < 4.78 is 4.45. The first kappa shape index (κ1) is 6.98. The maximum absolute atomic E-state index is 9.93. The van der Waals surface area contributed by atoms with Gasteiger partial charge in [-0.05, 0) is 0 Å². The predicted molar refractivity (Wildman–Crippen MR) is 28.2 cm³/mol. The lowest BCUT2D eigenvalue weighted by Crippen LogP contribution is -2.04. The second kappa shape index (κ2) is 4.14. The van der Waals surface area contributed by atoms with E-state index in [0.29, 0.717) is 5.50 Å². The molecule has 0 saturated carbocycles. The van der Waals surface area contributed by atoms with E-state index in [2.05, 4.69) is 4.43 Å². The van der Waals surface area contributed by atoms with Gasteiger partial charge >= 0.3 is 9.76 Å². The highest BCUT2D eigenvalue weighted by molar-refractivity contribution is 6.46. The first-order chi connectivity index (χ1) is 3.27. The summed E-state index contributed by atoms with van der Waals surface area (Å²) in [5, 5.41) is 0. The van der Waals surface area contributed by atoms with Crippen LogP contribution in [0.4, 0.5) is 0 Å². The fourth-order valence-corrected chi connectivity index (χ4v) is 0.550. The molecule has 40 valence electrons. The second-order valence-corrected chi connectivity index (χ2v) is 2.43. The Hall–Kier alpha value is -0.0231. The summed E-state index contributed by atoms with van der Waals surface area (Å²) in [6.07, 6.45) is 0. The zero-order valence-electron chi connectivity index (χ0n) is 3.90. The molecule has 0 aliphatic rings. The van der Waals surface area contributed by atoms with Crippen molar-refractivity contribution in [3.05, 3.63) is 0 Å². The molecule has 0 spiro atoms. The third-order valence-corrected chi connectivity index (χ3v) is 1.14. The second-order valence-electron chi connectivity index (χ2n) is 0.872. The van der Waals surface area contributed by atoms with Crippen LogP contribution in [0.3, 0.4) is 0 Å². The zero-order valence-corrected chi connectivity index (χ0v) is 5.66. The summed E-state index contributed by atoms with van der Waals surface area (Å²) in [4.78, 5) is 9.93. The molecule has 0 saturated heterocycles. The summed E-state index contributed by atoms with van der Waals surface area (Å²) in [5.74, 6) is -0.265. The molecule has 0 bridgehead atoms. The number of hydrogen-bond donors (Lipinski definition) is 0. The maximum Gasteiger partial charge on any atom is 0.331 e. The standard InChI is InChI=1S/C3H5ClO2Si/c1-3(5)6-7-2-4/h2H2,1H3. The molecule has 0 unspecified atom stereocenters. The Balaban J connectivity index is 2.82. The number of rotatable bonds is 2. The van der Waals surface area contributed by atoms with Crippen LogP contribution in [-0.4, -0.2) is 21.2 Å². The molecule has 0 aromatic heterocycles. The van der Waals surface area contributed by atoms with E-state index >= 15 is 0 Å². The molecular formula is C3H5ClO2Si. The van der Waals surface area contributed by atoms with Crippen LogP contribution in [0.1, 0.15) is 6.92 Å². The van der Waals surface area contributed by atoms with Gasteiger partial charge in [-0.15, -0.1) is 11.6 Å². The van der Waals surface area contributed by atoms with Gasteiger partial charge in [0, 0.05) is 6.92 Å². The van der Waals surface area contributed by atoms with Crippen LogP contribution in [0.25, 0.3) is 0 Å². The third kappa shape index (κ3) is 5.98. The van der Waals surface area contributed by atoms with Gasteiger partial charge in [0.1, 0.15) is 0 Å². The minimum atomic E-state index is -0.265. The molecule has 0 aromatic rings. The molecule has 0 amide bonds. The Labute approximate surface area is 49.7 Å². The molecule has 0 atom stereocenters. The summed E-state index contributed by atoms with van der Waals surface area (Å²) >= 11 is 5.18. The van der Waals surface area contributed by atoms with Crippen LogP contribution in [0.2, 0.25) is 0 Å². The quantitative estimate of drug-likeness (QED) is 0.405. The van der Waals surface area contributed by atoms with Gasteiger partial charge in [0.25, 0.3) is 5.97 Å². The molecule has 0 aromatic carbocycles. The van der Waals surface area contributed by atoms with E-state index in [9.17, 15) is 4.79 Å². The van der Waals surface area contributed by atoms with Gasteiger partial charge in [0.2, 0.25) is 0 Å². The van der Waals surface area contributed by atoms with Crippen LogP contribution in [0.15, 0.2) is 0 Å².